The first-order valence-electron chi connectivity index (χ1n) is 7.79. The zero-order chi connectivity index (χ0) is 17.4. The lowest BCUT2D eigenvalue weighted by atomic mass is 9.98. The van der Waals surface area contributed by atoms with Crippen molar-refractivity contribution in [3.63, 3.8) is 0 Å². The van der Waals surface area contributed by atoms with Crippen LogP contribution in [0.25, 0.3) is 0 Å². The van der Waals surface area contributed by atoms with Gasteiger partial charge in [0, 0.05) is 19.5 Å². The third-order valence-corrected chi connectivity index (χ3v) is 3.62. The van der Waals surface area contributed by atoms with Gasteiger partial charge in [0.05, 0.1) is 6.04 Å². The van der Waals surface area contributed by atoms with Gasteiger partial charge < -0.3 is 25.5 Å². The van der Waals surface area contributed by atoms with Crippen LogP contribution in [0.4, 0.5) is 4.79 Å². The number of nitrogens with one attached hydrogen (secondary N) is 3. The molecular formula is C15H25N3O5. The predicted octanol–water partition coefficient (Wildman–Crippen LogP) is -0.0330. The minimum Gasteiger partial charge on any atom is -0.436 e. The van der Waals surface area contributed by atoms with E-state index in [4.69, 9.17) is 4.74 Å². The lowest BCUT2D eigenvalue weighted by Gasteiger charge is -2.22. The van der Waals surface area contributed by atoms with Gasteiger partial charge >= 0.3 is 6.09 Å². The first kappa shape index (κ1) is 18.9. The van der Waals surface area contributed by atoms with Gasteiger partial charge in [-0.15, -0.1) is 0 Å². The van der Waals surface area contributed by atoms with Gasteiger partial charge in [0.1, 0.15) is 6.29 Å². The second kappa shape index (κ2) is 9.12. The molecule has 0 aliphatic carbocycles. The van der Waals surface area contributed by atoms with E-state index in [0.29, 0.717) is 25.7 Å². The average molecular weight is 327 g/mol. The highest BCUT2D eigenvalue weighted by Crippen LogP contribution is 2.16. The van der Waals surface area contributed by atoms with Crippen LogP contribution in [0.3, 0.4) is 0 Å². The molecule has 8 heteroatoms. The Morgan fingerprint density at radius 1 is 1.43 bits per heavy atom. The molecule has 0 spiro atoms. The van der Waals surface area contributed by atoms with Crippen LogP contribution in [-0.4, -0.2) is 49.9 Å². The van der Waals surface area contributed by atoms with Gasteiger partial charge in [0.2, 0.25) is 5.91 Å². The van der Waals surface area contributed by atoms with Gasteiger partial charge in [-0.05, 0) is 25.2 Å². The van der Waals surface area contributed by atoms with Crippen LogP contribution in [0.5, 0.6) is 0 Å². The summed E-state index contributed by atoms with van der Waals surface area (Å²) in [7, 11) is 1.40. The highest BCUT2D eigenvalue weighted by molar-refractivity contribution is 5.86. The maximum Gasteiger partial charge on any atom is 0.407 e. The fraction of sp³-hybridized carbons (Fsp3) is 0.733. The number of ether oxygens (including phenoxy) is 1. The largest absolute Gasteiger partial charge is 0.436 e. The Morgan fingerprint density at radius 2 is 2.13 bits per heavy atom. The molecule has 3 atom stereocenters. The number of alkyl carbamates (subject to hydrolysis) is 1. The molecule has 0 aromatic carbocycles. The van der Waals surface area contributed by atoms with E-state index in [0.717, 1.165) is 0 Å². The minimum atomic E-state index is -0.977. The molecule has 23 heavy (non-hydrogen) atoms. The van der Waals surface area contributed by atoms with Gasteiger partial charge in [-0.3, -0.25) is 9.59 Å². The molecule has 1 heterocycles. The smallest absolute Gasteiger partial charge is 0.407 e. The normalized spacial score (nSPS) is 19.7. The molecule has 1 rings (SSSR count). The summed E-state index contributed by atoms with van der Waals surface area (Å²) in [5, 5.41) is 7.54. The lowest BCUT2D eigenvalue weighted by Crippen LogP contribution is -2.46. The van der Waals surface area contributed by atoms with E-state index in [1.807, 2.05) is 13.8 Å². The molecule has 0 unspecified atom stereocenters. The van der Waals surface area contributed by atoms with Gasteiger partial charge in [-0.25, -0.2) is 4.79 Å². The van der Waals surface area contributed by atoms with Crippen LogP contribution >= 0.6 is 0 Å². The number of aldehydes is 1. The van der Waals surface area contributed by atoms with Gasteiger partial charge in [-0.1, -0.05) is 13.8 Å². The monoisotopic (exact) mass is 327 g/mol. The molecule has 0 aromatic rings. The maximum atomic E-state index is 12.3. The Bertz CT molecular complexity index is 452. The summed E-state index contributed by atoms with van der Waals surface area (Å²) in [5.41, 5.74) is 0. The molecule has 130 valence electrons. The maximum absolute atomic E-state index is 12.3. The summed E-state index contributed by atoms with van der Waals surface area (Å²) >= 11 is 0. The quantitative estimate of drug-likeness (QED) is 0.542. The van der Waals surface area contributed by atoms with Crippen LogP contribution in [0.15, 0.2) is 0 Å². The number of carbonyl (C=O) groups excluding carboxylic acids is 4. The van der Waals surface area contributed by atoms with E-state index in [2.05, 4.69) is 16.0 Å². The summed E-state index contributed by atoms with van der Waals surface area (Å²) in [4.78, 5) is 46.4. The Morgan fingerprint density at radius 3 is 2.61 bits per heavy atom. The molecule has 0 aromatic heterocycles. The van der Waals surface area contributed by atoms with E-state index < -0.39 is 24.1 Å². The first-order chi connectivity index (χ1) is 10.9. The Labute approximate surface area is 135 Å². The fourth-order valence-corrected chi connectivity index (χ4v) is 2.43. The number of hydrogen-bond donors (Lipinski definition) is 3. The molecule has 1 fully saturated rings. The van der Waals surface area contributed by atoms with Crippen molar-refractivity contribution in [2.75, 3.05) is 13.6 Å². The standard InChI is InChI=1S/C15H25N3O5/c1-9(2)6-12(23-15(22)16-3)14(21)18-11(8-19)7-10-4-5-17-13(10)20/h8-12H,4-7H2,1-3H3,(H,16,22)(H,17,20)(H,18,21)/t10-,11-,12-/m0/s1. The Kier molecular flexibility index (Phi) is 7.50. The van der Waals surface area contributed by atoms with Crippen molar-refractivity contribution in [3.8, 4) is 0 Å². The van der Waals surface area contributed by atoms with Crippen LogP contribution in [0.2, 0.25) is 0 Å². The Balaban J connectivity index is 2.63. The lowest BCUT2D eigenvalue weighted by molar-refractivity contribution is -0.133. The second-order valence-electron chi connectivity index (χ2n) is 6.04. The first-order valence-corrected chi connectivity index (χ1v) is 7.79. The van der Waals surface area contributed by atoms with Crippen LogP contribution in [0, 0.1) is 11.8 Å². The van der Waals surface area contributed by atoms with Crippen molar-refractivity contribution in [3.05, 3.63) is 0 Å². The average Bonchev–Trinajstić information content (AvgIpc) is 2.90. The Hall–Kier alpha value is -2.12. The molecule has 1 saturated heterocycles. The summed E-state index contributed by atoms with van der Waals surface area (Å²) < 4.78 is 5.05. The van der Waals surface area contributed by atoms with E-state index in [1.165, 1.54) is 7.05 Å². The van der Waals surface area contributed by atoms with E-state index in [9.17, 15) is 19.2 Å². The molecule has 0 saturated carbocycles. The zero-order valence-electron chi connectivity index (χ0n) is 13.8. The number of hydrogen-bond acceptors (Lipinski definition) is 5. The summed E-state index contributed by atoms with van der Waals surface area (Å²) in [6, 6.07) is -0.778. The molecule has 0 bridgehead atoms. The van der Waals surface area contributed by atoms with E-state index >= 15 is 0 Å². The number of rotatable bonds is 8. The topological polar surface area (TPSA) is 114 Å². The van der Waals surface area contributed by atoms with Crippen molar-refractivity contribution < 1.29 is 23.9 Å². The van der Waals surface area contributed by atoms with Crippen molar-refractivity contribution in [2.24, 2.45) is 11.8 Å². The van der Waals surface area contributed by atoms with Gasteiger partial charge in [0.15, 0.2) is 6.10 Å². The molecule has 3 amide bonds. The third kappa shape index (κ3) is 6.25. The third-order valence-electron chi connectivity index (χ3n) is 3.62. The fourth-order valence-electron chi connectivity index (χ4n) is 2.43. The molecule has 8 nitrogen and oxygen atoms in total. The number of carbonyl (C=O) groups is 4. The number of amides is 3. The summed E-state index contributed by atoms with van der Waals surface area (Å²) in [6.07, 6.45) is 0.155. The zero-order valence-corrected chi connectivity index (χ0v) is 13.8. The predicted molar refractivity (Wildman–Crippen MR) is 82.5 cm³/mol. The van der Waals surface area contributed by atoms with E-state index in [-0.39, 0.29) is 24.2 Å². The summed E-state index contributed by atoms with van der Waals surface area (Å²) in [5.74, 6) is -0.788. The molecule has 0 radical (unpaired) electrons. The minimum absolute atomic E-state index is 0.105. The van der Waals surface area contributed by atoms with Crippen LogP contribution < -0.4 is 16.0 Å². The van der Waals surface area contributed by atoms with Gasteiger partial charge in [-0.2, -0.15) is 0 Å². The molecule has 1 aliphatic rings. The molecule has 1 aliphatic heterocycles. The molecule has 3 N–H and O–H groups in total. The molecular weight excluding hydrogens is 302 g/mol. The van der Waals surface area contributed by atoms with Crippen molar-refractivity contribution >= 4 is 24.2 Å². The van der Waals surface area contributed by atoms with Crippen molar-refractivity contribution in [1.29, 1.82) is 0 Å². The second-order valence-corrected chi connectivity index (χ2v) is 6.04. The SMILES string of the molecule is CNC(=O)O[C@@H](CC(C)C)C(=O)N[C@H](C=O)C[C@@H]1CCNC1=O. The van der Waals surface area contributed by atoms with Crippen LogP contribution in [-0.2, 0) is 19.1 Å². The highest BCUT2D eigenvalue weighted by Gasteiger charge is 2.30. The van der Waals surface area contributed by atoms with Gasteiger partial charge in [0.25, 0.3) is 5.91 Å². The van der Waals surface area contributed by atoms with Crippen LogP contribution in [0.1, 0.15) is 33.1 Å². The highest BCUT2D eigenvalue weighted by atomic mass is 16.6. The van der Waals surface area contributed by atoms with E-state index in [1.54, 1.807) is 0 Å². The summed E-state index contributed by atoms with van der Waals surface area (Å²) in [6.45, 7) is 4.37. The van der Waals surface area contributed by atoms with Crippen molar-refractivity contribution in [2.45, 2.75) is 45.3 Å². The van der Waals surface area contributed by atoms with Crippen molar-refractivity contribution in [1.82, 2.24) is 16.0 Å².